The molecule has 0 aliphatic rings. The maximum Gasteiger partial charge on any atom is 0.342 e. The van der Waals surface area contributed by atoms with Gasteiger partial charge >= 0.3 is 10.1 Å². The van der Waals surface area contributed by atoms with E-state index in [1.165, 1.54) is 18.2 Å². The number of rotatable bonds is 3. The minimum Gasteiger partial charge on any atom is -0.376 e. The van der Waals surface area contributed by atoms with Crippen LogP contribution in [0.15, 0.2) is 41.3 Å². The molecular weight excluding hydrogens is 333 g/mol. The molecule has 20 heavy (non-hydrogen) atoms. The molecule has 0 spiro atoms. The molecule has 0 saturated carbocycles. The molecule has 0 fully saturated rings. The third kappa shape index (κ3) is 3.03. The van der Waals surface area contributed by atoms with E-state index in [1.54, 1.807) is 0 Å². The zero-order valence-electron chi connectivity index (χ0n) is 9.61. The van der Waals surface area contributed by atoms with E-state index in [9.17, 15) is 17.2 Å². The molecule has 3 nitrogen and oxygen atoms in total. The Labute approximate surface area is 123 Å². The van der Waals surface area contributed by atoms with E-state index < -0.39 is 32.4 Å². The molecule has 0 unspecified atom stereocenters. The highest BCUT2D eigenvalue weighted by atomic mass is 35.5. The predicted octanol–water partition coefficient (Wildman–Crippen LogP) is 4.04. The zero-order chi connectivity index (χ0) is 14.9. The lowest BCUT2D eigenvalue weighted by Crippen LogP contribution is -2.12. The standard InChI is InChI=1S/C12H6Cl2F2O3S/c13-8-2-1-3-9(14)12(8)20(17,18)19-11-5-4-7(15)6-10(11)16/h1-6H. The van der Waals surface area contributed by atoms with E-state index in [-0.39, 0.29) is 10.0 Å². The van der Waals surface area contributed by atoms with Crippen molar-refractivity contribution < 1.29 is 21.4 Å². The summed E-state index contributed by atoms with van der Waals surface area (Å²) < 4.78 is 54.8. The molecule has 0 saturated heterocycles. The normalized spacial score (nSPS) is 11.4. The van der Waals surface area contributed by atoms with Crippen molar-refractivity contribution in [1.29, 1.82) is 0 Å². The lowest BCUT2D eigenvalue weighted by atomic mass is 10.3. The first-order valence-electron chi connectivity index (χ1n) is 5.15. The summed E-state index contributed by atoms with van der Waals surface area (Å²) in [5, 5.41) is -0.333. The van der Waals surface area contributed by atoms with Crippen molar-refractivity contribution >= 4 is 33.3 Å². The van der Waals surface area contributed by atoms with E-state index in [1.807, 2.05) is 0 Å². The molecule has 2 rings (SSSR count). The fraction of sp³-hybridized carbons (Fsp3) is 0. The van der Waals surface area contributed by atoms with Crippen LogP contribution in [0.5, 0.6) is 5.75 Å². The summed E-state index contributed by atoms with van der Waals surface area (Å²) in [6.45, 7) is 0. The molecule has 0 bridgehead atoms. The van der Waals surface area contributed by atoms with Crippen molar-refractivity contribution in [3.8, 4) is 5.75 Å². The molecule has 0 N–H and O–H groups in total. The van der Waals surface area contributed by atoms with E-state index in [0.717, 1.165) is 12.1 Å². The van der Waals surface area contributed by atoms with E-state index in [0.29, 0.717) is 6.07 Å². The van der Waals surface area contributed by atoms with Gasteiger partial charge in [0.1, 0.15) is 10.7 Å². The first-order chi connectivity index (χ1) is 9.31. The van der Waals surface area contributed by atoms with Crippen LogP contribution < -0.4 is 4.18 Å². The van der Waals surface area contributed by atoms with Crippen molar-refractivity contribution in [2.75, 3.05) is 0 Å². The van der Waals surface area contributed by atoms with Gasteiger partial charge in [-0.25, -0.2) is 8.78 Å². The van der Waals surface area contributed by atoms with E-state index in [2.05, 4.69) is 4.18 Å². The fourth-order valence-electron chi connectivity index (χ4n) is 1.42. The second kappa shape index (κ2) is 5.55. The number of hydrogen-bond acceptors (Lipinski definition) is 3. The van der Waals surface area contributed by atoms with Gasteiger partial charge in [0.05, 0.1) is 10.0 Å². The predicted molar refractivity (Wildman–Crippen MR) is 70.6 cm³/mol. The first-order valence-corrected chi connectivity index (χ1v) is 7.31. The third-order valence-electron chi connectivity index (χ3n) is 2.26. The van der Waals surface area contributed by atoms with Crippen LogP contribution in [-0.2, 0) is 10.1 Å². The number of hydrogen-bond donors (Lipinski definition) is 0. The highest BCUT2D eigenvalue weighted by Crippen LogP contribution is 2.32. The highest BCUT2D eigenvalue weighted by Gasteiger charge is 2.25. The molecule has 0 aromatic heterocycles. The summed E-state index contributed by atoms with van der Waals surface area (Å²) in [7, 11) is -4.44. The Hall–Kier alpha value is -1.37. The van der Waals surface area contributed by atoms with Crippen molar-refractivity contribution in [2.45, 2.75) is 4.90 Å². The lowest BCUT2D eigenvalue weighted by Gasteiger charge is -2.10. The molecule has 106 valence electrons. The summed E-state index contributed by atoms with van der Waals surface area (Å²) in [5.74, 6) is -2.66. The average molecular weight is 339 g/mol. The van der Waals surface area contributed by atoms with Crippen LogP contribution in [-0.4, -0.2) is 8.42 Å². The topological polar surface area (TPSA) is 43.4 Å². The maximum absolute atomic E-state index is 13.4. The molecule has 0 aliphatic carbocycles. The van der Waals surface area contributed by atoms with Gasteiger partial charge in [0, 0.05) is 6.07 Å². The Morgan fingerprint density at radius 1 is 1.00 bits per heavy atom. The molecule has 2 aromatic carbocycles. The van der Waals surface area contributed by atoms with Gasteiger partial charge in [-0.3, -0.25) is 0 Å². The van der Waals surface area contributed by atoms with Crippen LogP contribution in [0.25, 0.3) is 0 Å². The molecule has 8 heteroatoms. The Kier molecular flexibility index (Phi) is 4.17. The van der Waals surface area contributed by atoms with Crippen molar-refractivity contribution in [2.24, 2.45) is 0 Å². The monoisotopic (exact) mass is 338 g/mol. The third-order valence-corrected chi connectivity index (χ3v) is 4.46. The van der Waals surface area contributed by atoms with Gasteiger partial charge < -0.3 is 4.18 Å². The van der Waals surface area contributed by atoms with Crippen molar-refractivity contribution in [3.63, 3.8) is 0 Å². The minimum atomic E-state index is -4.44. The van der Waals surface area contributed by atoms with Gasteiger partial charge in [0.2, 0.25) is 0 Å². The Morgan fingerprint density at radius 3 is 2.15 bits per heavy atom. The Balaban J connectivity index is 2.46. The fourth-order valence-corrected chi connectivity index (χ4v) is 3.46. The van der Waals surface area contributed by atoms with Crippen LogP contribution in [0.3, 0.4) is 0 Å². The average Bonchev–Trinajstić information content (AvgIpc) is 2.32. The summed E-state index contributed by atoms with van der Waals surface area (Å²) >= 11 is 11.5. The maximum atomic E-state index is 13.4. The second-order valence-corrected chi connectivity index (χ2v) is 5.96. The van der Waals surface area contributed by atoms with Gasteiger partial charge in [-0.15, -0.1) is 0 Å². The largest absolute Gasteiger partial charge is 0.376 e. The zero-order valence-corrected chi connectivity index (χ0v) is 11.9. The quantitative estimate of drug-likeness (QED) is 0.793. The molecule has 0 amide bonds. The lowest BCUT2D eigenvalue weighted by molar-refractivity contribution is 0.457. The summed E-state index contributed by atoms with van der Waals surface area (Å²) in [6, 6.07) is 6.26. The second-order valence-electron chi connectivity index (χ2n) is 3.66. The van der Waals surface area contributed by atoms with E-state index in [4.69, 9.17) is 23.2 Å². The van der Waals surface area contributed by atoms with Crippen LogP contribution >= 0.6 is 23.2 Å². The SMILES string of the molecule is O=S(=O)(Oc1ccc(F)cc1F)c1c(Cl)cccc1Cl. The van der Waals surface area contributed by atoms with Crippen LogP contribution in [0, 0.1) is 11.6 Å². The molecule has 2 aromatic rings. The van der Waals surface area contributed by atoms with Crippen LogP contribution in [0.2, 0.25) is 10.0 Å². The van der Waals surface area contributed by atoms with Gasteiger partial charge in [0.25, 0.3) is 0 Å². The molecular formula is C12H6Cl2F2O3S. The van der Waals surface area contributed by atoms with Crippen LogP contribution in [0.1, 0.15) is 0 Å². The smallest absolute Gasteiger partial charge is 0.342 e. The number of benzene rings is 2. The van der Waals surface area contributed by atoms with Gasteiger partial charge in [-0.2, -0.15) is 8.42 Å². The Morgan fingerprint density at radius 2 is 1.60 bits per heavy atom. The van der Waals surface area contributed by atoms with E-state index >= 15 is 0 Å². The summed E-state index contributed by atoms with van der Waals surface area (Å²) in [5.41, 5.74) is 0. The molecule has 0 radical (unpaired) electrons. The van der Waals surface area contributed by atoms with Crippen molar-refractivity contribution in [1.82, 2.24) is 0 Å². The number of halogens is 4. The molecule has 0 atom stereocenters. The van der Waals surface area contributed by atoms with Crippen LogP contribution in [0.4, 0.5) is 8.78 Å². The molecule has 0 aliphatic heterocycles. The van der Waals surface area contributed by atoms with Crippen molar-refractivity contribution in [3.05, 3.63) is 58.1 Å². The van der Waals surface area contributed by atoms with Gasteiger partial charge in [-0.1, -0.05) is 29.3 Å². The summed E-state index contributed by atoms with van der Waals surface area (Å²) in [6.07, 6.45) is 0. The summed E-state index contributed by atoms with van der Waals surface area (Å²) in [4.78, 5) is -0.480. The first kappa shape index (κ1) is 15.0. The minimum absolute atomic E-state index is 0.167. The Bertz CT molecular complexity index is 743. The van der Waals surface area contributed by atoms with Gasteiger partial charge in [0.15, 0.2) is 11.6 Å². The van der Waals surface area contributed by atoms with Gasteiger partial charge in [-0.05, 0) is 24.3 Å². The highest BCUT2D eigenvalue weighted by molar-refractivity contribution is 7.87. The molecule has 0 heterocycles.